The number of carboxylic acids is 1. The topological polar surface area (TPSA) is 64.3 Å². The Morgan fingerprint density at radius 1 is 1.52 bits per heavy atom. The van der Waals surface area contributed by atoms with Crippen molar-refractivity contribution in [1.82, 2.24) is 0 Å². The van der Waals surface area contributed by atoms with Gasteiger partial charge in [0.05, 0.1) is 22.7 Å². The van der Waals surface area contributed by atoms with Gasteiger partial charge in [0.25, 0.3) is 0 Å². The fourth-order valence-corrected chi connectivity index (χ4v) is 2.79. The molecule has 1 unspecified atom stereocenters. The third-order valence-electron chi connectivity index (χ3n) is 4.41. The largest absolute Gasteiger partial charge is 0.481 e. The highest BCUT2D eigenvalue weighted by Gasteiger charge is 2.39. The van der Waals surface area contributed by atoms with E-state index >= 15 is 0 Å². The van der Waals surface area contributed by atoms with Gasteiger partial charge in [-0.1, -0.05) is 0 Å². The van der Waals surface area contributed by atoms with E-state index in [0.29, 0.717) is 18.8 Å². The highest BCUT2D eigenvalue weighted by atomic mass is 19.1. The minimum Gasteiger partial charge on any atom is -0.481 e. The summed E-state index contributed by atoms with van der Waals surface area (Å²) < 4.78 is 14.1. The molecule has 112 valence electrons. The Hall–Kier alpha value is -2.09. The maximum Gasteiger partial charge on any atom is 0.309 e. The molecule has 4 nitrogen and oxygen atoms in total. The van der Waals surface area contributed by atoms with Crippen molar-refractivity contribution in [2.24, 2.45) is 11.3 Å². The van der Waals surface area contributed by atoms with Crippen molar-refractivity contribution in [3.05, 3.63) is 29.6 Å². The van der Waals surface area contributed by atoms with Gasteiger partial charge in [0, 0.05) is 13.1 Å². The summed E-state index contributed by atoms with van der Waals surface area (Å²) in [6.45, 7) is 4.66. The number of rotatable bonds is 3. The molecular formula is C16H19FN2O2. The number of benzene rings is 1. The van der Waals surface area contributed by atoms with E-state index in [4.69, 9.17) is 5.26 Å². The third kappa shape index (κ3) is 2.99. The molecule has 0 radical (unpaired) electrons. The first kappa shape index (κ1) is 15.3. The maximum atomic E-state index is 14.1. The minimum atomic E-state index is -0.832. The van der Waals surface area contributed by atoms with Crippen molar-refractivity contribution < 1.29 is 14.3 Å². The van der Waals surface area contributed by atoms with E-state index in [1.807, 2.05) is 11.0 Å². The van der Waals surface area contributed by atoms with E-state index in [1.165, 1.54) is 6.07 Å². The Labute approximate surface area is 123 Å². The summed E-state index contributed by atoms with van der Waals surface area (Å²) in [6.07, 6.45) is 1.66. The average molecular weight is 290 g/mol. The molecule has 1 saturated heterocycles. The van der Waals surface area contributed by atoms with Crippen LogP contribution in [0.5, 0.6) is 0 Å². The van der Waals surface area contributed by atoms with Gasteiger partial charge in [0.15, 0.2) is 0 Å². The Bertz CT molecular complexity index is 592. The van der Waals surface area contributed by atoms with E-state index < -0.39 is 17.2 Å². The number of hydrogen-bond donors (Lipinski definition) is 1. The second-order valence-corrected chi connectivity index (χ2v) is 6.09. The Morgan fingerprint density at radius 3 is 2.81 bits per heavy atom. The molecule has 1 aromatic carbocycles. The van der Waals surface area contributed by atoms with Crippen LogP contribution in [-0.2, 0) is 4.79 Å². The molecule has 1 aromatic rings. The lowest BCUT2D eigenvalue weighted by Crippen LogP contribution is -2.45. The van der Waals surface area contributed by atoms with Crippen molar-refractivity contribution in [2.45, 2.75) is 26.7 Å². The van der Waals surface area contributed by atoms with E-state index in [-0.39, 0.29) is 11.5 Å². The van der Waals surface area contributed by atoms with Crippen LogP contribution < -0.4 is 4.90 Å². The quantitative estimate of drug-likeness (QED) is 0.929. The first-order chi connectivity index (χ1) is 9.86. The van der Waals surface area contributed by atoms with Crippen molar-refractivity contribution in [1.29, 1.82) is 5.26 Å². The predicted octanol–water partition coefficient (Wildman–Crippen LogP) is 3.02. The van der Waals surface area contributed by atoms with Gasteiger partial charge >= 0.3 is 5.97 Å². The monoisotopic (exact) mass is 290 g/mol. The SMILES string of the molecule is CC(C)(C(=O)O)C1CCCN(c2ccc(C#N)cc2F)C1. The molecule has 1 aliphatic rings. The summed E-state index contributed by atoms with van der Waals surface area (Å²) in [5, 5.41) is 18.1. The van der Waals surface area contributed by atoms with Crippen LogP contribution in [0.25, 0.3) is 0 Å². The highest BCUT2D eigenvalue weighted by molar-refractivity contribution is 5.74. The Morgan fingerprint density at radius 2 is 2.24 bits per heavy atom. The second-order valence-electron chi connectivity index (χ2n) is 6.09. The zero-order valence-corrected chi connectivity index (χ0v) is 12.3. The van der Waals surface area contributed by atoms with Crippen LogP contribution in [-0.4, -0.2) is 24.2 Å². The van der Waals surface area contributed by atoms with Crippen molar-refractivity contribution in [2.75, 3.05) is 18.0 Å². The van der Waals surface area contributed by atoms with Gasteiger partial charge in [-0.3, -0.25) is 4.79 Å². The lowest BCUT2D eigenvalue weighted by atomic mass is 9.74. The molecule has 0 spiro atoms. The number of aliphatic carboxylic acids is 1. The molecule has 1 aliphatic heterocycles. The lowest BCUT2D eigenvalue weighted by molar-refractivity contribution is -0.150. The molecule has 1 N–H and O–H groups in total. The number of piperidine rings is 1. The van der Waals surface area contributed by atoms with Crippen molar-refractivity contribution in [3.63, 3.8) is 0 Å². The van der Waals surface area contributed by atoms with Crippen LogP contribution in [0.3, 0.4) is 0 Å². The van der Waals surface area contributed by atoms with Crippen LogP contribution in [0.1, 0.15) is 32.3 Å². The van der Waals surface area contributed by atoms with Gasteiger partial charge < -0.3 is 10.0 Å². The predicted molar refractivity (Wildman–Crippen MR) is 77.5 cm³/mol. The van der Waals surface area contributed by atoms with Crippen LogP contribution in [0.2, 0.25) is 0 Å². The molecule has 0 aromatic heterocycles. The van der Waals surface area contributed by atoms with Crippen molar-refractivity contribution >= 4 is 11.7 Å². The van der Waals surface area contributed by atoms with E-state index in [1.54, 1.807) is 26.0 Å². The van der Waals surface area contributed by atoms with E-state index in [9.17, 15) is 14.3 Å². The summed E-state index contributed by atoms with van der Waals surface area (Å²) in [5.74, 6) is -1.28. The van der Waals surface area contributed by atoms with Gasteiger partial charge in [0.2, 0.25) is 0 Å². The Balaban J connectivity index is 2.22. The molecule has 1 atom stereocenters. The van der Waals surface area contributed by atoms with E-state index in [0.717, 1.165) is 12.8 Å². The second kappa shape index (κ2) is 5.72. The molecule has 0 bridgehead atoms. The molecular weight excluding hydrogens is 271 g/mol. The number of anilines is 1. The van der Waals surface area contributed by atoms with Gasteiger partial charge in [-0.15, -0.1) is 0 Å². The fourth-order valence-electron chi connectivity index (χ4n) is 2.79. The number of nitriles is 1. The number of halogens is 1. The summed E-state index contributed by atoms with van der Waals surface area (Å²) in [4.78, 5) is 13.3. The number of carbonyl (C=O) groups is 1. The van der Waals surface area contributed by atoms with Gasteiger partial charge in [0.1, 0.15) is 5.82 Å². The van der Waals surface area contributed by atoms with Crippen LogP contribution in [0.15, 0.2) is 18.2 Å². The van der Waals surface area contributed by atoms with E-state index in [2.05, 4.69) is 0 Å². The summed E-state index contributed by atoms with van der Waals surface area (Å²) >= 11 is 0. The smallest absolute Gasteiger partial charge is 0.309 e. The van der Waals surface area contributed by atoms with Gasteiger partial charge in [-0.25, -0.2) is 4.39 Å². The normalized spacial score (nSPS) is 19.1. The fraction of sp³-hybridized carbons (Fsp3) is 0.500. The molecule has 0 amide bonds. The molecule has 5 heteroatoms. The molecule has 1 fully saturated rings. The lowest BCUT2D eigenvalue weighted by Gasteiger charge is -2.40. The average Bonchev–Trinajstić information content (AvgIpc) is 2.47. The molecule has 0 aliphatic carbocycles. The molecule has 2 rings (SSSR count). The van der Waals surface area contributed by atoms with Crippen LogP contribution in [0, 0.1) is 28.5 Å². The summed E-state index contributed by atoms with van der Waals surface area (Å²) in [6, 6.07) is 6.32. The van der Waals surface area contributed by atoms with Crippen molar-refractivity contribution in [3.8, 4) is 6.07 Å². The summed E-state index contributed by atoms with van der Waals surface area (Å²) in [7, 11) is 0. The summed E-state index contributed by atoms with van der Waals surface area (Å²) in [5.41, 5.74) is -0.0996. The van der Waals surface area contributed by atoms with Gasteiger partial charge in [-0.05, 0) is 50.8 Å². The zero-order valence-electron chi connectivity index (χ0n) is 12.3. The molecule has 1 heterocycles. The van der Waals surface area contributed by atoms with Crippen LogP contribution in [0.4, 0.5) is 10.1 Å². The highest BCUT2D eigenvalue weighted by Crippen LogP contribution is 2.36. The zero-order chi connectivity index (χ0) is 15.6. The van der Waals surface area contributed by atoms with Crippen LogP contribution >= 0.6 is 0 Å². The number of carboxylic acid groups (broad SMARTS) is 1. The first-order valence-electron chi connectivity index (χ1n) is 7.04. The first-order valence-corrected chi connectivity index (χ1v) is 7.04. The maximum absolute atomic E-state index is 14.1. The van der Waals surface area contributed by atoms with Gasteiger partial charge in [-0.2, -0.15) is 5.26 Å². The standard InChI is InChI=1S/C16H19FN2O2/c1-16(2,15(20)21)12-4-3-7-19(10-12)14-6-5-11(9-18)8-13(14)17/h5-6,8,12H,3-4,7,10H2,1-2H3,(H,20,21). The molecule has 0 saturated carbocycles. The third-order valence-corrected chi connectivity index (χ3v) is 4.41. The number of nitrogens with zero attached hydrogens (tertiary/aromatic N) is 2. The molecule has 21 heavy (non-hydrogen) atoms. The Kier molecular flexibility index (Phi) is 4.17. The number of hydrogen-bond acceptors (Lipinski definition) is 3. The minimum absolute atomic E-state index is 0.0289.